The molecule has 0 amide bonds. The summed E-state index contributed by atoms with van der Waals surface area (Å²) in [5.41, 5.74) is 1.02. The molecule has 3 rings (SSSR count). The van der Waals surface area contributed by atoms with Crippen molar-refractivity contribution in [1.82, 2.24) is 4.31 Å². The molecule has 0 radical (unpaired) electrons. The summed E-state index contributed by atoms with van der Waals surface area (Å²) < 4.78 is 28.4. The fraction of sp³-hybridized carbons (Fsp3) is 0.294. The van der Waals surface area contributed by atoms with E-state index in [-0.39, 0.29) is 6.04 Å². The Morgan fingerprint density at radius 3 is 2.65 bits per heavy atom. The molecule has 2 aromatic carbocycles. The van der Waals surface area contributed by atoms with Crippen molar-refractivity contribution in [1.29, 1.82) is 0 Å². The number of para-hydroxylation sites is 1. The normalized spacial score (nSPS) is 18.9. The largest absolute Gasteiger partial charge is 0.383 e. The van der Waals surface area contributed by atoms with Crippen molar-refractivity contribution in [2.45, 2.75) is 23.8 Å². The van der Waals surface area contributed by atoms with Crippen LogP contribution in [0.2, 0.25) is 0 Å². The number of rotatable bonds is 5. The molecule has 0 saturated carbocycles. The third-order valence-corrected chi connectivity index (χ3v) is 6.66. The maximum atomic E-state index is 12.9. The zero-order valence-electron chi connectivity index (χ0n) is 12.7. The second-order valence-electron chi connectivity index (χ2n) is 5.62. The van der Waals surface area contributed by atoms with Crippen molar-refractivity contribution in [2.24, 2.45) is 0 Å². The van der Waals surface area contributed by atoms with Gasteiger partial charge in [0.1, 0.15) is 0 Å². The first-order chi connectivity index (χ1) is 11.1. The van der Waals surface area contributed by atoms with Crippen molar-refractivity contribution >= 4 is 38.3 Å². The fourth-order valence-corrected chi connectivity index (χ4v) is 5.38. The Morgan fingerprint density at radius 2 is 1.91 bits per heavy atom. The van der Waals surface area contributed by atoms with Crippen LogP contribution in [0.15, 0.2) is 59.5 Å². The molecule has 1 heterocycles. The molecular formula is C17H19IN2O2S. The maximum Gasteiger partial charge on any atom is 0.243 e. The minimum absolute atomic E-state index is 0.00178. The number of nitrogens with zero attached hydrogens (tertiary/aromatic N) is 1. The van der Waals surface area contributed by atoms with E-state index >= 15 is 0 Å². The van der Waals surface area contributed by atoms with Crippen LogP contribution in [0.5, 0.6) is 0 Å². The van der Waals surface area contributed by atoms with E-state index in [2.05, 4.69) is 27.9 Å². The van der Waals surface area contributed by atoms with E-state index in [9.17, 15) is 8.42 Å². The Balaban J connectivity index is 1.75. The number of anilines is 1. The zero-order valence-corrected chi connectivity index (χ0v) is 15.6. The Hall–Kier alpha value is -1.12. The second kappa shape index (κ2) is 7.19. The number of benzene rings is 2. The lowest BCUT2D eigenvalue weighted by atomic mass is 10.2. The first-order valence-electron chi connectivity index (χ1n) is 7.64. The SMILES string of the molecule is O=S(=O)(c1cccc(I)c1)N1CCCC1CNc1ccccc1. The van der Waals surface area contributed by atoms with E-state index in [4.69, 9.17) is 0 Å². The molecule has 1 saturated heterocycles. The van der Waals surface area contributed by atoms with Gasteiger partial charge in [-0.1, -0.05) is 24.3 Å². The van der Waals surface area contributed by atoms with Gasteiger partial charge in [-0.15, -0.1) is 0 Å². The lowest BCUT2D eigenvalue weighted by Crippen LogP contribution is -2.39. The highest BCUT2D eigenvalue weighted by molar-refractivity contribution is 14.1. The molecule has 0 aliphatic carbocycles. The standard InChI is InChI=1S/C17H19IN2O2S/c18-14-6-4-10-17(12-14)23(21,22)20-11-5-9-16(20)13-19-15-7-2-1-3-8-15/h1-4,6-8,10,12,16,19H,5,9,11,13H2. The van der Waals surface area contributed by atoms with Gasteiger partial charge in [0.25, 0.3) is 0 Å². The summed E-state index contributed by atoms with van der Waals surface area (Å²) in [6.07, 6.45) is 1.80. The third kappa shape index (κ3) is 3.87. The van der Waals surface area contributed by atoms with Gasteiger partial charge in [0.05, 0.1) is 4.90 Å². The molecule has 6 heteroatoms. The third-order valence-electron chi connectivity index (χ3n) is 4.04. The highest BCUT2D eigenvalue weighted by Crippen LogP contribution is 2.27. The van der Waals surface area contributed by atoms with Crippen LogP contribution in [-0.4, -0.2) is 31.9 Å². The summed E-state index contributed by atoms with van der Waals surface area (Å²) in [4.78, 5) is 0.385. The van der Waals surface area contributed by atoms with Crippen LogP contribution in [0, 0.1) is 3.57 Å². The topological polar surface area (TPSA) is 49.4 Å². The van der Waals surface area contributed by atoms with E-state index < -0.39 is 10.0 Å². The van der Waals surface area contributed by atoms with Crippen LogP contribution < -0.4 is 5.32 Å². The second-order valence-corrected chi connectivity index (χ2v) is 8.75. The minimum atomic E-state index is -3.43. The molecule has 122 valence electrons. The van der Waals surface area contributed by atoms with Gasteiger partial charge in [0.15, 0.2) is 0 Å². The fourth-order valence-electron chi connectivity index (χ4n) is 2.88. The highest BCUT2D eigenvalue weighted by Gasteiger charge is 2.35. The Bertz CT molecular complexity index is 765. The average molecular weight is 442 g/mol. The van der Waals surface area contributed by atoms with Gasteiger partial charge in [-0.3, -0.25) is 0 Å². The molecule has 0 bridgehead atoms. The van der Waals surface area contributed by atoms with Crippen molar-refractivity contribution in [2.75, 3.05) is 18.4 Å². The summed E-state index contributed by atoms with van der Waals surface area (Å²) in [5.74, 6) is 0. The van der Waals surface area contributed by atoms with Crippen molar-refractivity contribution in [3.63, 3.8) is 0 Å². The quantitative estimate of drug-likeness (QED) is 0.721. The predicted molar refractivity (Wildman–Crippen MR) is 101 cm³/mol. The van der Waals surface area contributed by atoms with E-state index in [0.717, 1.165) is 22.1 Å². The first-order valence-corrected chi connectivity index (χ1v) is 10.2. The molecular weight excluding hydrogens is 423 g/mol. The summed E-state index contributed by atoms with van der Waals surface area (Å²) in [6.45, 7) is 1.22. The van der Waals surface area contributed by atoms with E-state index in [1.165, 1.54) is 0 Å². The molecule has 1 atom stereocenters. The summed E-state index contributed by atoms with van der Waals surface area (Å²) in [5, 5.41) is 3.34. The van der Waals surface area contributed by atoms with E-state index in [1.54, 1.807) is 22.5 Å². The zero-order chi connectivity index (χ0) is 16.3. The number of sulfonamides is 1. The van der Waals surface area contributed by atoms with Crippen LogP contribution >= 0.6 is 22.6 Å². The molecule has 0 spiro atoms. The molecule has 1 aliphatic rings. The molecule has 23 heavy (non-hydrogen) atoms. The molecule has 1 unspecified atom stereocenters. The van der Waals surface area contributed by atoms with Gasteiger partial charge >= 0.3 is 0 Å². The minimum Gasteiger partial charge on any atom is -0.383 e. The van der Waals surface area contributed by atoms with Gasteiger partial charge < -0.3 is 5.32 Å². The van der Waals surface area contributed by atoms with Crippen LogP contribution in [-0.2, 0) is 10.0 Å². The van der Waals surface area contributed by atoms with Gasteiger partial charge in [-0.05, 0) is 65.8 Å². The van der Waals surface area contributed by atoms with Crippen LogP contribution in [0.1, 0.15) is 12.8 Å². The number of halogens is 1. The Morgan fingerprint density at radius 1 is 1.13 bits per heavy atom. The van der Waals surface area contributed by atoms with E-state index in [1.807, 2.05) is 36.4 Å². The van der Waals surface area contributed by atoms with Crippen molar-refractivity contribution < 1.29 is 8.42 Å². The van der Waals surface area contributed by atoms with Crippen LogP contribution in [0.25, 0.3) is 0 Å². The van der Waals surface area contributed by atoms with Gasteiger partial charge in [-0.2, -0.15) is 4.31 Å². The first kappa shape index (κ1) is 16.7. The number of hydrogen-bond donors (Lipinski definition) is 1. The number of hydrogen-bond acceptors (Lipinski definition) is 3. The molecule has 0 aromatic heterocycles. The summed E-state index contributed by atoms with van der Waals surface area (Å²) >= 11 is 2.14. The van der Waals surface area contributed by atoms with Crippen molar-refractivity contribution in [3.8, 4) is 0 Å². The Kier molecular flexibility index (Phi) is 5.23. The van der Waals surface area contributed by atoms with E-state index in [0.29, 0.717) is 18.0 Å². The van der Waals surface area contributed by atoms with Gasteiger partial charge in [0, 0.05) is 28.4 Å². The van der Waals surface area contributed by atoms with Crippen LogP contribution in [0.3, 0.4) is 0 Å². The molecule has 1 N–H and O–H groups in total. The predicted octanol–water partition coefficient (Wildman–Crippen LogP) is 3.56. The van der Waals surface area contributed by atoms with Crippen molar-refractivity contribution in [3.05, 3.63) is 58.2 Å². The highest BCUT2D eigenvalue weighted by atomic mass is 127. The summed E-state index contributed by atoms with van der Waals surface area (Å²) in [6, 6.07) is 17.0. The molecule has 2 aromatic rings. The molecule has 1 aliphatic heterocycles. The lowest BCUT2D eigenvalue weighted by molar-refractivity contribution is 0.399. The van der Waals surface area contributed by atoms with Gasteiger partial charge in [-0.25, -0.2) is 8.42 Å². The Labute approximate surface area is 151 Å². The molecule has 4 nitrogen and oxygen atoms in total. The van der Waals surface area contributed by atoms with Crippen LogP contribution in [0.4, 0.5) is 5.69 Å². The molecule has 1 fully saturated rings. The van der Waals surface area contributed by atoms with Gasteiger partial charge in [0.2, 0.25) is 10.0 Å². The number of nitrogens with one attached hydrogen (secondary N) is 1. The maximum absolute atomic E-state index is 12.9. The lowest BCUT2D eigenvalue weighted by Gasteiger charge is -2.24. The summed E-state index contributed by atoms with van der Waals surface area (Å²) in [7, 11) is -3.43. The smallest absolute Gasteiger partial charge is 0.243 e. The average Bonchev–Trinajstić information content (AvgIpc) is 3.03. The monoisotopic (exact) mass is 442 g/mol.